The summed E-state index contributed by atoms with van der Waals surface area (Å²) >= 11 is 0. The average molecular weight is 283 g/mol. The number of carbonyl (C=O) groups excluding carboxylic acids is 1. The third-order valence-corrected chi connectivity index (χ3v) is 2.78. The molecule has 0 radical (unpaired) electrons. The van der Waals surface area contributed by atoms with Crippen molar-refractivity contribution in [2.24, 2.45) is 0 Å². The van der Waals surface area contributed by atoms with Gasteiger partial charge in [0.25, 0.3) is 5.69 Å². The predicted octanol–water partition coefficient (Wildman–Crippen LogP) is 1.74. The van der Waals surface area contributed by atoms with Crippen LogP contribution < -0.4 is 10.6 Å². The fourth-order valence-electron chi connectivity index (χ4n) is 1.63. The van der Waals surface area contributed by atoms with Gasteiger partial charge in [-0.3, -0.25) is 14.9 Å². The summed E-state index contributed by atoms with van der Waals surface area (Å²) in [5, 5.41) is 16.4. The van der Waals surface area contributed by atoms with E-state index in [2.05, 4.69) is 10.6 Å². The van der Waals surface area contributed by atoms with Crippen molar-refractivity contribution >= 4 is 11.6 Å². The van der Waals surface area contributed by atoms with Gasteiger partial charge in [-0.1, -0.05) is 6.92 Å². The molecule has 1 atom stereocenters. The Morgan fingerprint density at radius 3 is 2.80 bits per heavy atom. The Labute approximate surface area is 116 Å². The summed E-state index contributed by atoms with van der Waals surface area (Å²) in [5.74, 6) is -0.735. The molecule has 0 spiro atoms. The number of nitrogens with one attached hydrogen (secondary N) is 2. The molecule has 0 saturated heterocycles. The van der Waals surface area contributed by atoms with Crippen molar-refractivity contribution in [1.82, 2.24) is 10.6 Å². The molecular weight excluding hydrogens is 265 g/mol. The summed E-state index contributed by atoms with van der Waals surface area (Å²) < 4.78 is 13.1. The standard InChI is InChI=1S/C13H18FN3O3/c1-3-6-15-13(18)9(2)16-8-10-7-11(14)4-5-12(10)17(19)20/h4-5,7,9,16H,3,6,8H2,1-2H3,(H,15,18). The van der Waals surface area contributed by atoms with Crippen LogP contribution in [0, 0.1) is 15.9 Å². The second-order valence-corrected chi connectivity index (χ2v) is 4.42. The largest absolute Gasteiger partial charge is 0.355 e. The highest BCUT2D eigenvalue weighted by Crippen LogP contribution is 2.19. The van der Waals surface area contributed by atoms with Crippen LogP contribution in [0.25, 0.3) is 0 Å². The van der Waals surface area contributed by atoms with Crippen LogP contribution in [0.15, 0.2) is 18.2 Å². The van der Waals surface area contributed by atoms with Gasteiger partial charge in [-0.2, -0.15) is 0 Å². The van der Waals surface area contributed by atoms with E-state index in [1.807, 2.05) is 6.92 Å². The first-order chi connectivity index (χ1) is 9.45. The SMILES string of the molecule is CCCNC(=O)C(C)NCc1cc(F)ccc1[N+](=O)[O-]. The first-order valence-corrected chi connectivity index (χ1v) is 6.39. The quantitative estimate of drug-likeness (QED) is 0.589. The Hall–Kier alpha value is -2.02. The van der Waals surface area contributed by atoms with E-state index < -0.39 is 16.8 Å². The molecule has 20 heavy (non-hydrogen) atoms. The highest BCUT2D eigenvalue weighted by Gasteiger charge is 2.17. The molecule has 1 amide bonds. The van der Waals surface area contributed by atoms with Gasteiger partial charge in [0.15, 0.2) is 0 Å². The zero-order chi connectivity index (χ0) is 15.1. The minimum Gasteiger partial charge on any atom is -0.355 e. The van der Waals surface area contributed by atoms with Crippen molar-refractivity contribution in [1.29, 1.82) is 0 Å². The normalized spacial score (nSPS) is 11.9. The molecule has 0 aliphatic heterocycles. The van der Waals surface area contributed by atoms with Gasteiger partial charge in [0.2, 0.25) is 5.91 Å². The van der Waals surface area contributed by atoms with Crippen molar-refractivity contribution in [3.05, 3.63) is 39.7 Å². The molecule has 7 heteroatoms. The highest BCUT2D eigenvalue weighted by atomic mass is 19.1. The van der Waals surface area contributed by atoms with E-state index >= 15 is 0 Å². The molecule has 0 bridgehead atoms. The number of nitrogens with zero attached hydrogens (tertiary/aromatic N) is 1. The third-order valence-electron chi connectivity index (χ3n) is 2.78. The van der Waals surface area contributed by atoms with E-state index in [4.69, 9.17) is 0 Å². The summed E-state index contributed by atoms with van der Waals surface area (Å²) in [6.07, 6.45) is 0.827. The maximum absolute atomic E-state index is 13.1. The number of hydrogen-bond acceptors (Lipinski definition) is 4. The Bertz CT molecular complexity index is 494. The number of halogens is 1. The molecule has 6 nitrogen and oxygen atoms in total. The third kappa shape index (κ3) is 4.58. The Morgan fingerprint density at radius 2 is 2.20 bits per heavy atom. The monoisotopic (exact) mass is 283 g/mol. The Balaban J connectivity index is 2.67. The zero-order valence-corrected chi connectivity index (χ0v) is 11.5. The fraction of sp³-hybridized carbons (Fsp3) is 0.462. The van der Waals surface area contributed by atoms with Gasteiger partial charge in [-0.05, 0) is 25.5 Å². The number of nitro benzene ring substituents is 1. The van der Waals surface area contributed by atoms with Crippen molar-refractivity contribution < 1.29 is 14.1 Å². The van der Waals surface area contributed by atoms with E-state index in [0.29, 0.717) is 6.54 Å². The van der Waals surface area contributed by atoms with Crippen LogP contribution in [-0.4, -0.2) is 23.4 Å². The smallest absolute Gasteiger partial charge is 0.274 e. The summed E-state index contributed by atoms with van der Waals surface area (Å²) in [4.78, 5) is 21.9. The van der Waals surface area contributed by atoms with E-state index in [9.17, 15) is 19.3 Å². The number of rotatable bonds is 7. The minimum absolute atomic E-state index is 0.0504. The van der Waals surface area contributed by atoms with Crippen LogP contribution >= 0.6 is 0 Å². The van der Waals surface area contributed by atoms with E-state index in [0.717, 1.165) is 24.6 Å². The lowest BCUT2D eigenvalue weighted by molar-refractivity contribution is -0.385. The zero-order valence-electron chi connectivity index (χ0n) is 11.5. The minimum atomic E-state index is -0.571. The lowest BCUT2D eigenvalue weighted by Crippen LogP contribution is -2.42. The van der Waals surface area contributed by atoms with Crippen molar-refractivity contribution in [2.45, 2.75) is 32.9 Å². The van der Waals surface area contributed by atoms with Crippen LogP contribution in [0.1, 0.15) is 25.8 Å². The van der Waals surface area contributed by atoms with Crippen LogP contribution in [0.3, 0.4) is 0 Å². The highest BCUT2D eigenvalue weighted by molar-refractivity contribution is 5.81. The molecule has 0 heterocycles. The second-order valence-electron chi connectivity index (χ2n) is 4.42. The van der Waals surface area contributed by atoms with Crippen molar-refractivity contribution in [3.63, 3.8) is 0 Å². The molecule has 1 aromatic carbocycles. The number of amides is 1. The number of nitro groups is 1. The molecular formula is C13H18FN3O3. The first-order valence-electron chi connectivity index (χ1n) is 6.39. The van der Waals surface area contributed by atoms with Gasteiger partial charge in [-0.25, -0.2) is 4.39 Å². The molecule has 110 valence electrons. The maximum atomic E-state index is 13.1. The van der Waals surface area contributed by atoms with E-state index in [-0.39, 0.29) is 23.7 Å². The van der Waals surface area contributed by atoms with Crippen LogP contribution in [0.5, 0.6) is 0 Å². The van der Waals surface area contributed by atoms with E-state index in [1.165, 1.54) is 0 Å². The Kier molecular flexibility index (Phi) is 6.05. The van der Waals surface area contributed by atoms with Gasteiger partial charge < -0.3 is 10.6 Å². The summed E-state index contributed by atoms with van der Waals surface area (Å²) in [7, 11) is 0. The molecule has 0 aliphatic rings. The number of benzene rings is 1. The van der Waals surface area contributed by atoms with Gasteiger partial charge in [0.05, 0.1) is 11.0 Å². The van der Waals surface area contributed by atoms with E-state index in [1.54, 1.807) is 6.92 Å². The molecule has 0 saturated carbocycles. The molecule has 1 unspecified atom stereocenters. The summed E-state index contributed by atoms with van der Waals surface area (Å²) in [6, 6.07) is 2.75. The van der Waals surface area contributed by atoms with Crippen LogP contribution in [0.4, 0.5) is 10.1 Å². The summed E-state index contributed by atoms with van der Waals surface area (Å²) in [5.41, 5.74) is 0.0465. The molecule has 1 rings (SSSR count). The van der Waals surface area contributed by atoms with Crippen molar-refractivity contribution in [2.75, 3.05) is 6.54 Å². The lowest BCUT2D eigenvalue weighted by atomic mass is 10.1. The molecule has 1 aromatic rings. The van der Waals surface area contributed by atoms with Gasteiger partial charge >= 0.3 is 0 Å². The van der Waals surface area contributed by atoms with Crippen LogP contribution in [-0.2, 0) is 11.3 Å². The fourth-order valence-corrected chi connectivity index (χ4v) is 1.63. The average Bonchev–Trinajstić information content (AvgIpc) is 2.41. The summed E-state index contributed by atoms with van der Waals surface area (Å²) in [6.45, 7) is 4.21. The first kappa shape index (κ1) is 16.0. The van der Waals surface area contributed by atoms with Gasteiger partial charge in [0, 0.05) is 24.7 Å². The number of hydrogen-bond donors (Lipinski definition) is 2. The van der Waals surface area contributed by atoms with Crippen molar-refractivity contribution in [3.8, 4) is 0 Å². The number of carbonyl (C=O) groups is 1. The Morgan fingerprint density at radius 1 is 1.50 bits per heavy atom. The predicted molar refractivity (Wildman–Crippen MR) is 72.7 cm³/mol. The van der Waals surface area contributed by atoms with Crippen LogP contribution in [0.2, 0.25) is 0 Å². The molecule has 0 aliphatic carbocycles. The van der Waals surface area contributed by atoms with Gasteiger partial charge in [-0.15, -0.1) is 0 Å². The molecule has 0 fully saturated rings. The molecule has 2 N–H and O–H groups in total. The van der Waals surface area contributed by atoms with Gasteiger partial charge in [0.1, 0.15) is 5.82 Å². The lowest BCUT2D eigenvalue weighted by Gasteiger charge is -2.13. The second kappa shape index (κ2) is 7.54. The molecule has 0 aromatic heterocycles. The maximum Gasteiger partial charge on any atom is 0.274 e. The topological polar surface area (TPSA) is 84.3 Å².